The van der Waals surface area contributed by atoms with Crippen LogP contribution in [0, 0.1) is 0 Å². The van der Waals surface area contributed by atoms with Crippen LogP contribution in [0.2, 0.25) is 0 Å². The number of carboxylic acid groups (broad SMARTS) is 2. The molecule has 0 unspecified atom stereocenters. The van der Waals surface area contributed by atoms with E-state index < -0.39 is 11.9 Å². The van der Waals surface area contributed by atoms with E-state index in [9.17, 15) is 9.59 Å². The topological polar surface area (TPSA) is 127 Å². The molecule has 0 aliphatic heterocycles. The van der Waals surface area contributed by atoms with Gasteiger partial charge in [-0.3, -0.25) is 0 Å². The zero-order valence-electron chi connectivity index (χ0n) is 15.3. The molecule has 2 aromatic rings. The first kappa shape index (κ1) is 22.3. The number of nitrogens with two attached hydrogens (primary N) is 2. The van der Waals surface area contributed by atoms with Gasteiger partial charge in [-0.05, 0) is 48.2 Å². The molecule has 8 heteroatoms. The quantitative estimate of drug-likeness (QED) is 0.323. The minimum atomic E-state index is -0.933. The first-order valence-corrected chi connectivity index (χ1v) is 11.2. The average Bonchev–Trinajstić information content (AvgIpc) is 2.66. The molecule has 2 aromatic carbocycles. The summed E-state index contributed by atoms with van der Waals surface area (Å²) in [6.07, 6.45) is 1.38. The normalized spacial score (nSPS) is 13.1. The van der Waals surface area contributed by atoms with Crippen molar-refractivity contribution in [3.05, 3.63) is 70.8 Å². The van der Waals surface area contributed by atoms with Gasteiger partial charge in [0.15, 0.2) is 0 Å². The first-order valence-electron chi connectivity index (χ1n) is 8.75. The van der Waals surface area contributed by atoms with Crippen LogP contribution >= 0.6 is 21.6 Å². The van der Waals surface area contributed by atoms with E-state index in [1.807, 2.05) is 0 Å². The van der Waals surface area contributed by atoms with E-state index in [0.717, 1.165) is 22.6 Å². The van der Waals surface area contributed by atoms with Crippen LogP contribution in [-0.2, 0) is 12.8 Å². The zero-order chi connectivity index (χ0) is 20.5. The highest BCUT2D eigenvalue weighted by molar-refractivity contribution is 8.76. The number of aromatic carboxylic acids is 2. The summed E-state index contributed by atoms with van der Waals surface area (Å²) in [6, 6.07) is 13.5. The molecule has 0 spiro atoms. The molecule has 0 fully saturated rings. The second-order valence-corrected chi connectivity index (χ2v) is 9.05. The molecule has 0 aliphatic carbocycles. The SMILES string of the molecule is N[C@H](CSSC[C@H](N)Cc1ccc(C(=O)O)cc1)Cc1ccc(C(=O)O)cc1. The molecule has 150 valence electrons. The summed E-state index contributed by atoms with van der Waals surface area (Å²) in [7, 11) is 3.35. The van der Waals surface area contributed by atoms with Crippen LogP contribution in [0.1, 0.15) is 31.8 Å². The maximum atomic E-state index is 10.9. The summed E-state index contributed by atoms with van der Waals surface area (Å²) in [5.74, 6) is -0.328. The molecule has 0 radical (unpaired) electrons. The lowest BCUT2D eigenvalue weighted by Gasteiger charge is -2.13. The molecule has 2 atom stereocenters. The molecule has 0 heterocycles. The fraction of sp³-hybridized carbons (Fsp3) is 0.300. The predicted octanol–water partition coefficient (Wildman–Crippen LogP) is 2.90. The van der Waals surface area contributed by atoms with Gasteiger partial charge in [0.1, 0.15) is 0 Å². The lowest BCUT2D eigenvalue weighted by Crippen LogP contribution is -2.27. The number of rotatable bonds is 11. The van der Waals surface area contributed by atoms with Crippen LogP contribution in [-0.4, -0.2) is 45.7 Å². The van der Waals surface area contributed by atoms with Crippen LogP contribution in [0.4, 0.5) is 0 Å². The Labute approximate surface area is 172 Å². The minimum absolute atomic E-state index is 0.0204. The van der Waals surface area contributed by atoms with Gasteiger partial charge in [0.2, 0.25) is 0 Å². The standard InChI is InChI=1S/C20H24N2O4S2/c21-17(9-13-1-5-15(6-2-13)19(23)24)11-27-28-12-18(22)10-14-3-7-16(8-4-14)20(25)26/h1-8,17-18H,9-12,21-22H2,(H,23,24)(H,25,26)/t17-,18+. The predicted molar refractivity (Wildman–Crippen MR) is 115 cm³/mol. The summed E-state index contributed by atoms with van der Waals surface area (Å²) in [5, 5.41) is 17.8. The molecule has 2 rings (SSSR count). The molecule has 0 saturated carbocycles. The molecule has 6 N–H and O–H groups in total. The van der Waals surface area contributed by atoms with E-state index in [0.29, 0.717) is 12.8 Å². The highest BCUT2D eigenvalue weighted by Crippen LogP contribution is 2.24. The second kappa shape index (κ2) is 11.1. The molecule has 0 aromatic heterocycles. The smallest absolute Gasteiger partial charge is 0.335 e. The Morgan fingerprint density at radius 3 is 1.32 bits per heavy atom. The van der Waals surface area contributed by atoms with E-state index in [1.54, 1.807) is 70.1 Å². The maximum absolute atomic E-state index is 10.9. The van der Waals surface area contributed by atoms with Gasteiger partial charge in [0.05, 0.1) is 11.1 Å². The summed E-state index contributed by atoms with van der Waals surface area (Å²) < 4.78 is 0. The van der Waals surface area contributed by atoms with Crippen molar-refractivity contribution in [1.82, 2.24) is 0 Å². The van der Waals surface area contributed by atoms with Crippen LogP contribution in [0.5, 0.6) is 0 Å². The van der Waals surface area contributed by atoms with Crippen molar-refractivity contribution >= 4 is 33.5 Å². The Balaban J connectivity index is 1.65. The van der Waals surface area contributed by atoms with Gasteiger partial charge in [-0.15, -0.1) is 0 Å². The van der Waals surface area contributed by atoms with Gasteiger partial charge in [-0.1, -0.05) is 45.9 Å². The molecule has 6 nitrogen and oxygen atoms in total. The van der Waals surface area contributed by atoms with Crippen molar-refractivity contribution in [2.75, 3.05) is 11.5 Å². The van der Waals surface area contributed by atoms with Crippen LogP contribution in [0.25, 0.3) is 0 Å². The third-order valence-corrected chi connectivity index (χ3v) is 6.66. The van der Waals surface area contributed by atoms with Crippen molar-refractivity contribution in [2.24, 2.45) is 11.5 Å². The summed E-state index contributed by atoms with van der Waals surface area (Å²) in [5.41, 5.74) is 14.9. The number of carboxylic acids is 2. The Morgan fingerprint density at radius 1 is 0.714 bits per heavy atom. The first-order chi connectivity index (χ1) is 13.3. The third kappa shape index (κ3) is 7.55. The maximum Gasteiger partial charge on any atom is 0.335 e. The molecule has 0 bridgehead atoms. The van der Waals surface area contributed by atoms with Crippen LogP contribution in [0.3, 0.4) is 0 Å². The van der Waals surface area contributed by atoms with Gasteiger partial charge in [0, 0.05) is 23.6 Å². The lowest BCUT2D eigenvalue weighted by atomic mass is 10.1. The molecular weight excluding hydrogens is 396 g/mol. The fourth-order valence-electron chi connectivity index (χ4n) is 2.56. The minimum Gasteiger partial charge on any atom is -0.478 e. The van der Waals surface area contributed by atoms with Crippen molar-refractivity contribution in [3.8, 4) is 0 Å². The molecular formula is C20H24N2O4S2. The highest BCUT2D eigenvalue weighted by Gasteiger charge is 2.09. The van der Waals surface area contributed by atoms with E-state index in [-0.39, 0.29) is 23.2 Å². The Bertz CT molecular complexity index is 714. The van der Waals surface area contributed by atoms with Crippen molar-refractivity contribution in [2.45, 2.75) is 24.9 Å². The lowest BCUT2D eigenvalue weighted by molar-refractivity contribution is 0.0686. The van der Waals surface area contributed by atoms with Crippen LogP contribution in [0.15, 0.2) is 48.5 Å². The van der Waals surface area contributed by atoms with Crippen molar-refractivity contribution in [3.63, 3.8) is 0 Å². The molecule has 0 amide bonds. The van der Waals surface area contributed by atoms with Gasteiger partial charge in [-0.2, -0.15) is 0 Å². The summed E-state index contributed by atoms with van der Waals surface area (Å²) in [4.78, 5) is 21.7. The summed E-state index contributed by atoms with van der Waals surface area (Å²) >= 11 is 0. The number of hydrogen-bond acceptors (Lipinski definition) is 6. The van der Waals surface area contributed by atoms with Crippen molar-refractivity contribution in [1.29, 1.82) is 0 Å². The van der Waals surface area contributed by atoms with Gasteiger partial charge in [0.25, 0.3) is 0 Å². The zero-order valence-corrected chi connectivity index (χ0v) is 16.9. The van der Waals surface area contributed by atoms with Gasteiger partial charge in [-0.25, -0.2) is 9.59 Å². The largest absolute Gasteiger partial charge is 0.478 e. The van der Waals surface area contributed by atoms with E-state index in [4.69, 9.17) is 21.7 Å². The highest BCUT2D eigenvalue weighted by atomic mass is 33.1. The molecule has 0 saturated heterocycles. The Hall–Kier alpha value is -2.00. The van der Waals surface area contributed by atoms with Gasteiger partial charge >= 0.3 is 11.9 Å². The Morgan fingerprint density at radius 2 is 1.04 bits per heavy atom. The summed E-state index contributed by atoms with van der Waals surface area (Å²) in [6.45, 7) is 0. The third-order valence-electron chi connectivity index (χ3n) is 4.05. The Kier molecular flexibility index (Phi) is 8.85. The monoisotopic (exact) mass is 420 g/mol. The van der Waals surface area contributed by atoms with Gasteiger partial charge < -0.3 is 21.7 Å². The van der Waals surface area contributed by atoms with Crippen LogP contribution < -0.4 is 11.5 Å². The van der Waals surface area contributed by atoms with E-state index in [1.165, 1.54) is 0 Å². The average molecular weight is 421 g/mol. The fourth-order valence-corrected chi connectivity index (χ4v) is 4.97. The number of hydrogen-bond donors (Lipinski definition) is 4. The molecule has 28 heavy (non-hydrogen) atoms. The van der Waals surface area contributed by atoms with E-state index in [2.05, 4.69) is 0 Å². The number of benzene rings is 2. The second-order valence-electron chi connectivity index (χ2n) is 6.50. The molecule has 0 aliphatic rings. The van der Waals surface area contributed by atoms with E-state index >= 15 is 0 Å². The van der Waals surface area contributed by atoms with Crippen molar-refractivity contribution < 1.29 is 19.8 Å². The number of carbonyl (C=O) groups is 2.